The molecule has 2 aromatic carbocycles. The van der Waals surface area contributed by atoms with Gasteiger partial charge in [0.25, 0.3) is 0 Å². The molecule has 10 nitrogen and oxygen atoms in total. The van der Waals surface area contributed by atoms with Crippen LogP contribution in [-0.2, 0) is 19.1 Å². The molecule has 0 saturated carbocycles. The summed E-state index contributed by atoms with van der Waals surface area (Å²) in [6, 6.07) is 15.9. The van der Waals surface area contributed by atoms with E-state index in [1.54, 1.807) is 48.5 Å². The molecule has 32 heavy (non-hydrogen) atoms. The number of aromatic amines is 1. The number of ether oxygens (including phenoxy) is 2. The van der Waals surface area contributed by atoms with Crippen molar-refractivity contribution in [1.29, 1.82) is 5.26 Å². The summed E-state index contributed by atoms with van der Waals surface area (Å²) >= 11 is 0. The largest absolute Gasteiger partial charge is 0.466 e. The molecule has 160 valence electrons. The second-order valence-corrected chi connectivity index (χ2v) is 6.80. The molecule has 0 saturated heterocycles. The first-order chi connectivity index (χ1) is 15.5. The topological polar surface area (TPSA) is 147 Å². The molecule has 1 aliphatic rings. The standard InChI is InChI=1S/C22H18N6O4/c1-31-21(29)17-16(12-7-4-3-5-8-12)13(11-23)20(24)28(19(17)22(30)32-2)15-10-6-9-14-18(15)26-27-25-14/h3-10,16H,24H2,1-2H3,(H,25,26,27). The number of nitrogens with zero attached hydrogens (tertiary/aromatic N) is 4. The van der Waals surface area contributed by atoms with Crippen LogP contribution < -0.4 is 10.6 Å². The van der Waals surface area contributed by atoms with E-state index in [0.717, 1.165) is 0 Å². The first-order valence-electron chi connectivity index (χ1n) is 9.48. The van der Waals surface area contributed by atoms with Crippen molar-refractivity contribution in [3.63, 3.8) is 0 Å². The van der Waals surface area contributed by atoms with E-state index >= 15 is 0 Å². The second kappa shape index (κ2) is 8.23. The van der Waals surface area contributed by atoms with Crippen LogP contribution in [0.1, 0.15) is 11.5 Å². The maximum atomic E-state index is 13.0. The summed E-state index contributed by atoms with van der Waals surface area (Å²) in [6.07, 6.45) is 0. The molecule has 0 amide bonds. The highest BCUT2D eigenvalue weighted by atomic mass is 16.5. The molecule has 0 fully saturated rings. The molecule has 0 aliphatic carbocycles. The van der Waals surface area contributed by atoms with Gasteiger partial charge in [-0.2, -0.15) is 20.7 Å². The number of aromatic nitrogens is 3. The van der Waals surface area contributed by atoms with Crippen LogP contribution in [0.5, 0.6) is 0 Å². The molecule has 0 spiro atoms. The van der Waals surface area contributed by atoms with Gasteiger partial charge in [-0.3, -0.25) is 4.90 Å². The number of nitrogens with two attached hydrogens (primary N) is 1. The van der Waals surface area contributed by atoms with Gasteiger partial charge in [0.15, 0.2) is 0 Å². The number of para-hydroxylation sites is 1. The van der Waals surface area contributed by atoms with Crippen molar-refractivity contribution in [1.82, 2.24) is 15.4 Å². The van der Waals surface area contributed by atoms with E-state index in [1.165, 1.54) is 19.1 Å². The van der Waals surface area contributed by atoms with Gasteiger partial charge < -0.3 is 15.2 Å². The van der Waals surface area contributed by atoms with Crippen LogP contribution in [0.3, 0.4) is 0 Å². The number of H-pyrrole nitrogens is 1. The van der Waals surface area contributed by atoms with Crippen LogP contribution >= 0.6 is 0 Å². The number of benzene rings is 2. The molecule has 1 aromatic heterocycles. The first kappa shape index (κ1) is 20.6. The molecule has 2 heterocycles. The zero-order valence-corrected chi connectivity index (χ0v) is 17.2. The van der Waals surface area contributed by atoms with Gasteiger partial charge in [-0.1, -0.05) is 36.4 Å². The number of esters is 2. The molecular weight excluding hydrogens is 412 g/mol. The summed E-state index contributed by atoms with van der Waals surface area (Å²) < 4.78 is 10.0. The fraction of sp³-hybridized carbons (Fsp3) is 0.136. The fourth-order valence-electron chi connectivity index (χ4n) is 3.80. The molecule has 4 rings (SSSR count). The van der Waals surface area contributed by atoms with Crippen molar-refractivity contribution < 1.29 is 19.1 Å². The predicted molar refractivity (Wildman–Crippen MR) is 113 cm³/mol. The number of carbonyl (C=O) groups is 2. The van der Waals surface area contributed by atoms with Gasteiger partial charge in [0.1, 0.15) is 22.6 Å². The zero-order chi connectivity index (χ0) is 22.8. The number of methoxy groups -OCH3 is 2. The minimum atomic E-state index is -0.935. The van der Waals surface area contributed by atoms with E-state index < -0.39 is 17.9 Å². The molecule has 1 aliphatic heterocycles. The van der Waals surface area contributed by atoms with Gasteiger partial charge in [-0.25, -0.2) is 9.59 Å². The first-order valence-corrected chi connectivity index (χ1v) is 9.48. The Labute approximate surface area is 182 Å². The lowest BCUT2D eigenvalue weighted by Gasteiger charge is -2.35. The normalized spacial score (nSPS) is 16.2. The summed E-state index contributed by atoms with van der Waals surface area (Å²) in [4.78, 5) is 27.3. The number of hydrogen-bond donors (Lipinski definition) is 2. The highest BCUT2D eigenvalue weighted by Gasteiger charge is 2.43. The summed E-state index contributed by atoms with van der Waals surface area (Å²) in [5, 5.41) is 20.8. The van der Waals surface area contributed by atoms with Gasteiger partial charge >= 0.3 is 11.9 Å². The summed E-state index contributed by atoms with van der Waals surface area (Å²) in [6.45, 7) is 0. The van der Waals surface area contributed by atoms with E-state index in [0.29, 0.717) is 22.3 Å². The molecule has 1 unspecified atom stereocenters. The van der Waals surface area contributed by atoms with E-state index in [4.69, 9.17) is 15.2 Å². The van der Waals surface area contributed by atoms with Crippen molar-refractivity contribution in [2.45, 2.75) is 5.92 Å². The van der Waals surface area contributed by atoms with Crippen LogP contribution in [0.25, 0.3) is 11.0 Å². The van der Waals surface area contributed by atoms with Gasteiger partial charge in [0, 0.05) is 0 Å². The highest BCUT2D eigenvalue weighted by Crippen LogP contribution is 2.44. The monoisotopic (exact) mass is 430 g/mol. The van der Waals surface area contributed by atoms with Gasteiger partial charge in [-0.15, -0.1) is 0 Å². The third kappa shape index (κ3) is 3.13. The number of nitriles is 1. The van der Waals surface area contributed by atoms with Crippen LogP contribution in [0.4, 0.5) is 5.69 Å². The molecule has 1 atom stereocenters. The average Bonchev–Trinajstić information content (AvgIpc) is 3.32. The molecule has 0 bridgehead atoms. The summed E-state index contributed by atoms with van der Waals surface area (Å²) in [5.74, 6) is -2.59. The Kier molecular flexibility index (Phi) is 5.30. The van der Waals surface area contributed by atoms with E-state index in [9.17, 15) is 14.9 Å². The Bertz CT molecular complexity index is 1320. The summed E-state index contributed by atoms with van der Waals surface area (Å²) in [5.41, 5.74) is 8.13. The van der Waals surface area contributed by atoms with Gasteiger partial charge in [0.05, 0.1) is 43.0 Å². The second-order valence-electron chi connectivity index (χ2n) is 6.80. The maximum absolute atomic E-state index is 13.0. The third-order valence-electron chi connectivity index (χ3n) is 5.18. The molecule has 3 aromatic rings. The predicted octanol–water partition coefficient (Wildman–Crippen LogP) is 1.86. The van der Waals surface area contributed by atoms with E-state index in [-0.39, 0.29) is 22.7 Å². The average molecular weight is 430 g/mol. The minimum absolute atomic E-state index is 0.0371. The maximum Gasteiger partial charge on any atom is 0.355 e. The Hall–Kier alpha value is -4.65. The number of hydrogen-bond acceptors (Lipinski definition) is 9. The number of allylic oxidation sites excluding steroid dienone is 1. The smallest absolute Gasteiger partial charge is 0.355 e. The Morgan fingerprint density at radius 3 is 2.44 bits per heavy atom. The van der Waals surface area contributed by atoms with Crippen LogP contribution in [0.2, 0.25) is 0 Å². The Balaban J connectivity index is 2.11. The van der Waals surface area contributed by atoms with E-state index in [1.807, 2.05) is 0 Å². The quantitative estimate of drug-likeness (QED) is 0.592. The van der Waals surface area contributed by atoms with Gasteiger partial charge in [-0.05, 0) is 17.7 Å². The number of rotatable bonds is 4. The highest BCUT2D eigenvalue weighted by molar-refractivity contribution is 6.08. The molecule has 10 heteroatoms. The SMILES string of the molecule is COC(=O)C1=C(C(=O)OC)N(c2cccc3n[nH]nc23)C(N)=C(C#N)C1c1ccccc1. The van der Waals surface area contributed by atoms with Crippen molar-refractivity contribution in [3.05, 3.63) is 76.8 Å². The molecular formula is C22H18N6O4. The van der Waals surface area contributed by atoms with Crippen molar-refractivity contribution >= 4 is 28.7 Å². The van der Waals surface area contributed by atoms with Crippen LogP contribution in [0, 0.1) is 11.3 Å². The number of anilines is 1. The summed E-state index contributed by atoms with van der Waals surface area (Å²) in [7, 11) is 2.39. The third-order valence-corrected chi connectivity index (χ3v) is 5.18. The number of fused-ring (bicyclic) bond motifs is 1. The lowest BCUT2D eigenvalue weighted by atomic mass is 9.81. The van der Waals surface area contributed by atoms with E-state index in [2.05, 4.69) is 21.5 Å². The van der Waals surface area contributed by atoms with Crippen molar-refractivity contribution in [3.8, 4) is 6.07 Å². The van der Waals surface area contributed by atoms with Crippen molar-refractivity contribution in [2.24, 2.45) is 5.73 Å². The van der Waals surface area contributed by atoms with Crippen LogP contribution in [-0.4, -0.2) is 41.6 Å². The number of nitrogens with one attached hydrogen (secondary N) is 1. The minimum Gasteiger partial charge on any atom is -0.466 e. The lowest BCUT2D eigenvalue weighted by molar-refractivity contribution is -0.139. The molecule has 0 radical (unpaired) electrons. The Morgan fingerprint density at radius 1 is 1.06 bits per heavy atom. The molecule has 3 N–H and O–H groups in total. The number of carbonyl (C=O) groups excluding carboxylic acids is 2. The zero-order valence-electron chi connectivity index (χ0n) is 17.2. The van der Waals surface area contributed by atoms with Crippen molar-refractivity contribution in [2.75, 3.05) is 19.1 Å². The Morgan fingerprint density at radius 2 is 1.78 bits per heavy atom. The van der Waals surface area contributed by atoms with Crippen LogP contribution in [0.15, 0.2) is 71.2 Å². The fourth-order valence-corrected chi connectivity index (χ4v) is 3.80. The lowest BCUT2D eigenvalue weighted by Crippen LogP contribution is -2.40. The van der Waals surface area contributed by atoms with Gasteiger partial charge in [0.2, 0.25) is 0 Å².